The molecule has 0 heterocycles. The van der Waals surface area contributed by atoms with Gasteiger partial charge in [0.2, 0.25) is 6.29 Å². The normalized spacial score (nSPS) is 11.7. The molecule has 0 saturated heterocycles. The molecule has 0 aliphatic heterocycles. The molecule has 0 amide bonds. The van der Waals surface area contributed by atoms with E-state index >= 15 is 0 Å². The van der Waals surface area contributed by atoms with Crippen molar-refractivity contribution in [3.8, 4) is 0 Å². The summed E-state index contributed by atoms with van der Waals surface area (Å²) in [5.41, 5.74) is 0. The molecule has 4 heteroatoms. The SMILES string of the molecule is COC(O)C=O.[CaH2]. The Balaban J connectivity index is 0. The topological polar surface area (TPSA) is 46.5 Å². The van der Waals surface area contributed by atoms with Crippen molar-refractivity contribution < 1.29 is 14.6 Å². The Hall–Kier alpha value is 0.850. The van der Waals surface area contributed by atoms with Crippen LogP contribution in [0.25, 0.3) is 0 Å². The van der Waals surface area contributed by atoms with Gasteiger partial charge in [0.15, 0.2) is 6.29 Å². The third kappa shape index (κ3) is 6.85. The van der Waals surface area contributed by atoms with E-state index in [0.29, 0.717) is 6.29 Å². The Bertz CT molecular complexity index is 47.4. The molecule has 0 aromatic heterocycles. The second-order valence-corrected chi connectivity index (χ2v) is 0.762. The maximum atomic E-state index is 9.36. The van der Waals surface area contributed by atoms with Crippen LogP contribution in [0.5, 0.6) is 0 Å². The number of aliphatic hydroxyl groups is 1. The molecular weight excluding hydrogens is 124 g/mol. The van der Waals surface area contributed by atoms with Crippen LogP contribution in [0, 0.1) is 0 Å². The zero-order chi connectivity index (χ0) is 4.99. The van der Waals surface area contributed by atoms with Gasteiger partial charge in [0.25, 0.3) is 0 Å². The van der Waals surface area contributed by atoms with Crippen LogP contribution in [0.3, 0.4) is 0 Å². The first-order valence-corrected chi connectivity index (χ1v) is 1.47. The van der Waals surface area contributed by atoms with E-state index in [-0.39, 0.29) is 37.7 Å². The summed E-state index contributed by atoms with van der Waals surface area (Å²) in [5, 5.41) is 8.08. The van der Waals surface area contributed by atoms with Gasteiger partial charge in [-0.1, -0.05) is 0 Å². The van der Waals surface area contributed by atoms with Crippen molar-refractivity contribution in [1.82, 2.24) is 0 Å². The number of rotatable bonds is 2. The molecule has 0 aliphatic rings. The summed E-state index contributed by atoms with van der Waals surface area (Å²) in [4.78, 5) is 9.36. The van der Waals surface area contributed by atoms with Gasteiger partial charge in [-0.15, -0.1) is 0 Å². The summed E-state index contributed by atoms with van der Waals surface area (Å²) in [6.45, 7) is 0. The first-order chi connectivity index (χ1) is 2.81. The Morgan fingerprint density at radius 2 is 2.29 bits per heavy atom. The second kappa shape index (κ2) is 6.85. The van der Waals surface area contributed by atoms with Crippen molar-refractivity contribution >= 4 is 44.0 Å². The fourth-order valence-electron chi connectivity index (χ4n) is 0.0556. The molecule has 1 unspecified atom stereocenters. The predicted octanol–water partition coefficient (Wildman–Crippen LogP) is -1.77. The fourth-order valence-corrected chi connectivity index (χ4v) is 0.0556. The third-order valence-corrected chi connectivity index (χ3v) is 0.358. The minimum absolute atomic E-state index is 0. The van der Waals surface area contributed by atoms with Crippen molar-refractivity contribution in [2.75, 3.05) is 7.11 Å². The number of carbonyl (C=O) groups is 1. The Morgan fingerprint density at radius 1 is 1.86 bits per heavy atom. The second-order valence-electron chi connectivity index (χ2n) is 0.762. The average Bonchev–Trinajstić information content (AvgIpc) is 1.65. The summed E-state index contributed by atoms with van der Waals surface area (Å²) in [6, 6.07) is 0. The Labute approximate surface area is 71.7 Å². The Kier molecular flexibility index (Phi) is 10.5. The van der Waals surface area contributed by atoms with E-state index in [2.05, 4.69) is 4.74 Å². The number of ether oxygens (including phenoxy) is 1. The fraction of sp³-hybridized carbons (Fsp3) is 0.667. The van der Waals surface area contributed by atoms with E-state index in [0.717, 1.165) is 0 Å². The number of aliphatic hydroxyl groups excluding tert-OH is 1. The van der Waals surface area contributed by atoms with Crippen LogP contribution in [0.4, 0.5) is 0 Å². The molecule has 7 heavy (non-hydrogen) atoms. The van der Waals surface area contributed by atoms with Crippen LogP contribution >= 0.6 is 0 Å². The number of hydrogen-bond acceptors (Lipinski definition) is 3. The van der Waals surface area contributed by atoms with E-state index < -0.39 is 6.29 Å². The van der Waals surface area contributed by atoms with Gasteiger partial charge in [0.05, 0.1) is 0 Å². The number of hydrogen-bond donors (Lipinski definition) is 1. The van der Waals surface area contributed by atoms with Crippen molar-refractivity contribution in [3.05, 3.63) is 0 Å². The van der Waals surface area contributed by atoms with Crippen LogP contribution in [0.1, 0.15) is 0 Å². The van der Waals surface area contributed by atoms with Gasteiger partial charge in [-0.25, -0.2) is 0 Å². The van der Waals surface area contributed by atoms with Gasteiger partial charge >= 0.3 is 37.7 Å². The zero-order valence-electron chi connectivity index (χ0n) is 3.42. The van der Waals surface area contributed by atoms with E-state index in [1.165, 1.54) is 7.11 Å². The van der Waals surface area contributed by atoms with Gasteiger partial charge in [-0.05, 0) is 0 Å². The third-order valence-electron chi connectivity index (χ3n) is 0.358. The molecule has 0 aliphatic carbocycles. The summed E-state index contributed by atoms with van der Waals surface area (Å²) < 4.78 is 4.09. The van der Waals surface area contributed by atoms with Gasteiger partial charge in [-0.2, -0.15) is 0 Å². The molecule has 0 saturated carbocycles. The molecule has 1 atom stereocenters. The number of aldehydes is 1. The molecule has 0 aromatic rings. The molecule has 0 fully saturated rings. The molecule has 0 bridgehead atoms. The molecule has 0 radical (unpaired) electrons. The molecule has 0 rings (SSSR count). The molecule has 1 N–H and O–H groups in total. The van der Waals surface area contributed by atoms with Gasteiger partial charge in [-0.3, -0.25) is 4.79 Å². The Morgan fingerprint density at radius 3 is 2.29 bits per heavy atom. The molecule has 40 valence electrons. The van der Waals surface area contributed by atoms with E-state index in [1.54, 1.807) is 0 Å². The van der Waals surface area contributed by atoms with Crippen LogP contribution < -0.4 is 0 Å². The van der Waals surface area contributed by atoms with Gasteiger partial charge < -0.3 is 9.84 Å². The monoisotopic (exact) mass is 132 g/mol. The quantitative estimate of drug-likeness (QED) is 0.275. The van der Waals surface area contributed by atoms with Crippen molar-refractivity contribution in [1.29, 1.82) is 0 Å². The van der Waals surface area contributed by atoms with Crippen LogP contribution in [0.15, 0.2) is 0 Å². The number of methoxy groups -OCH3 is 1. The van der Waals surface area contributed by atoms with E-state index in [9.17, 15) is 4.79 Å². The van der Waals surface area contributed by atoms with E-state index in [4.69, 9.17) is 5.11 Å². The zero-order valence-corrected chi connectivity index (χ0v) is 3.42. The maximum absolute atomic E-state index is 9.36. The number of carbonyl (C=O) groups excluding carboxylic acids is 1. The summed E-state index contributed by atoms with van der Waals surface area (Å²) in [5.74, 6) is 0. The van der Waals surface area contributed by atoms with E-state index in [1.807, 2.05) is 0 Å². The summed E-state index contributed by atoms with van der Waals surface area (Å²) >= 11 is 0. The minimum atomic E-state index is -1.25. The molecular formula is C3H8CaO3. The summed E-state index contributed by atoms with van der Waals surface area (Å²) in [7, 11) is 1.25. The van der Waals surface area contributed by atoms with Crippen LogP contribution in [-0.2, 0) is 9.53 Å². The van der Waals surface area contributed by atoms with Gasteiger partial charge in [0.1, 0.15) is 0 Å². The van der Waals surface area contributed by atoms with Crippen LogP contribution in [-0.4, -0.2) is 62.5 Å². The molecule has 0 spiro atoms. The predicted molar refractivity (Wildman–Crippen MR) is 27.6 cm³/mol. The molecule has 0 aromatic carbocycles. The standard InChI is InChI=1S/C3H6O3.Ca.2H/c1-6-3(5)2-4;;;/h2-3,5H,1H3;;;. The first-order valence-electron chi connectivity index (χ1n) is 1.47. The summed E-state index contributed by atoms with van der Waals surface area (Å²) in [6.07, 6.45) is -0.940. The van der Waals surface area contributed by atoms with Crippen molar-refractivity contribution in [2.24, 2.45) is 0 Å². The van der Waals surface area contributed by atoms with Crippen molar-refractivity contribution in [2.45, 2.75) is 6.29 Å². The van der Waals surface area contributed by atoms with Gasteiger partial charge in [0, 0.05) is 7.11 Å². The van der Waals surface area contributed by atoms with Crippen molar-refractivity contribution in [3.63, 3.8) is 0 Å². The average molecular weight is 132 g/mol. The first kappa shape index (κ1) is 10.8. The van der Waals surface area contributed by atoms with Crippen LogP contribution in [0.2, 0.25) is 0 Å². The molecule has 3 nitrogen and oxygen atoms in total.